The fourth-order valence-corrected chi connectivity index (χ4v) is 2.37. The summed E-state index contributed by atoms with van der Waals surface area (Å²) in [4.78, 5) is 0. The van der Waals surface area contributed by atoms with Crippen LogP contribution in [0.25, 0.3) is 11.1 Å². The van der Waals surface area contributed by atoms with E-state index in [0.717, 1.165) is 0 Å². The molecular formula is C16H20ClN. The average molecular weight is 262 g/mol. The van der Waals surface area contributed by atoms with Gasteiger partial charge in [-0.1, -0.05) is 36.4 Å². The topological polar surface area (TPSA) is 26.0 Å². The van der Waals surface area contributed by atoms with E-state index in [4.69, 9.17) is 5.73 Å². The second kappa shape index (κ2) is 6.03. The van der Waals surface area contributed by atoms with Crippen LogP contribution in [-0.2, 0) is 6.54 Å². The predicted molar refractivity (Wildman–Crippen MR) is 81.2 cm³/mol. The summed E-state index contributed by atoms with van der Waals surface area (Å²) in [5.41, 5.74) is 13.5. The van der Waals surface area contributed by atoms with Crippen LogP contribution in [0, 0.1) is 20.8 Å². The zero-order valence-corrected chi connectivity index (χ0v) is 12.0. The van der Waals surface area contributed by atoms with Gasteiger partial charge >= 0.3 is 0 Å². The lowest BCUT2D eigenvalue weighted by molar-refractivity contribution is 1.03. The molecular weight excluding hydrogens is 242 g/mol. The van der Waals surface area contributed by atoms with E-state index >= 15 is 0 Å². The van der Waals surface area contributed by atoms with Crippen molar-refractivity contribution in [1.29, 1.82) is 0 Å². The van der Waals surface area contributed by atoms with Crippen molar-refractivity contribution in [3.8, 4) is 11.1 Å². The normalized spacial score (nSPS) is 10.0. The van der Waals surface area contributed by atoms with Crippen molar-refractivity contribution in [1.82, 2.24) is 0 Å². The van der Waals surface area contributed by atoms with Crippen LogP contribution >= 0.6 is 12.4 Å². The highest BCUT2D eigenvalue weighted by Gasteiger charge is 2.06. The summed E-state index contributed by atoms with van der Waals surface area (Å²) in [7, 11) is 0. The van der Waals surface area contributed by atoms with E-state index in [0.29, 0.717) is 6.54 Å². The second-order valence-corrected chi connectivity index (χ2v) is 4.61. The Hall–Kier alpha value is -1.31. The van der Waals surface area contributed by atoms with Gasteiger partial charge in [-0.05, 0) is 54.2 Å². The third kappa shape index (κ3) is 2.74. The Morgan fingerprint density at radius 3 is 1.94 bits per heavy atom. The second-order valence-electron chi connectivity index (χ2n) is 4.61. The van der Waals surface area contributed by atoms with Gasteiger partial charge in [-0.15, -0.1) is 12.4 Å². The first kappa shape index (κ1) is 14.7. The number of hydrogen-bond donors (Lipinski definition) is 1. The molecule has 1 nitrogen and oxygen atoms in total. The van der Waals surface area contributed by atoms with Crippen LogP contribution in [0.15, 0.2) is 36.4 Å². The van der Waals surface area contributed by atoms with Gasteiger partial charge in [-0.2, -0.15) is 0 Å². The molecule has 2 aromatic rings. The van der Waals surface area contributed by atoms with Gasteiger partial charge < -0.3 is 5.73 Å². The van der Waals surface area contributed by atoms with Gasteiger partial charge in [0.05, 0.1) is 0 Å². The summed E-state index contributed by atoms with van der Waals surface area (Å²) < 4.78 is 0. The average Bonchev–Trinajstić information content (AvgIpc) is 2.29. The van der Waals surface area contributed by atoms with Crippen LogP contribution < -0.4 is 5.73 Å². The summed E-state index contributed by atoms with van der Waals surface area (Å²) in [5.74, 6) is 0. The largest absolute Gasteiger partial charge is 0.326 e. The summed E-state index contributed by atoms with van der Waals surface area (Å²) in [6.07, 6.45) is 0. The van der Waals surface area contributed by atoms with E-state index in [-0.39, 0.29) is 12.4 Å². The summed E-state index contributed by atoms with van der Waals surface area (Å²) in [5, 5.41) is 0. The monoisotopic (exact) mass is 261 g/mol. The quantitative estimate of drug-likeness (QED) is 0.863. The molecule has 2 N–H and O–H groups in total. The SMILES string of the molecule is Cc1ccccc1-c1cc(C)c(CN)c(C)c1.Cl. The Balaban J connectivity index is 0.00000162. The first-order chi connectivity index (χ1) is 8.13. The molecule has 18 heavy (non-hydrogen) atoms. The molecule has 0 fully saturated rings. The van der Waals surface area contributed by atoms with Gasteiger partial charge in [0, 0.05) is 6.54 Å². The van der Waals surface area contributed by atoms with Crippen molar-refractivity contribution in [3.63, 3.8) is 0 Å². The van der Waals surface area contributed by atoms with Crippen LogP contribution in [0.1, 0.15) is 22.3 Å². The lowest BCUT2D eigenvalue weighted by Crippen LogP contribution is -2.02. The van der Waals surface area contributed by atoms with Gasteiger partial charge in [-0.3, -0.25) is 0 Å². The number of aryl methyl sites for hydroxylation is 3. The van der Waals surface area contributed by atoms with Crippen LogP contribution in [0.3, 0.4) is 0 Å². The Labute approximate surface area is 115 Å². The van der Waals surface area contributed by atoms with E-state index in [2.05, 4.69) is 57.2 Å². The smallest absolute Gasteiger partial charge is 0.0183 e. The van der Waals surface area contributed by atoms with Crippen LogP contribution in [-0.4, -0.2) is 0 Å². The summed E-state index contributed by atoms with van der Waals surface area (Å²) in [6.45, 7) is 7.04. The van der Waals surface area contributed by atoms with Crippen LogP contribution in [0.4, 0.5) is 0 Å². The fourth-order valence-electron chi connectivity index (χ4n) is 2.37. The minimum atomic E-state index is 0. The van der Waals surface area contributed by atoms with Crippen molar-refractivity contribution in [2.24, 2.45) is 5.73 Å². The standard InChI is InChI=1S/C16H19N.ClH/c1-11-6-4-5-7-15(11)14-8-12(2)16(10-17)13(3)9-14;/h4-9H,10,17H2,1-3H3;1H. The van der Waals surface area contributed by atoms with Crippen molar-refractivity contribution < 1.29 is 0 Å². The molecule has 96 valence electrons. The number of benzene rings is 2. The molecule has 0 heterocycles. The Bertz CT molecular complexity index is 524. The molecule has 0 atom stereocenters. The zero-order chi connectivity index (χ0) is 12.4. The number of nitrogens with two attached hydrogens (primary N) is 1. The lowest BCUT2D eigenvalue weighted by Gasteiger charge is -2.12. The zero-order valence-electron chi connectivity index (χ0n) is 11.2. The predicted octanol–water partition coefficient (Wildman–Crippen LogP) is 4.16. The maximum atomic E-state index is 5.77. The van der Waals surface area contributed by atoms with E-state index in [1.165, 1.54) is 33.4 Å². The first-order valence-corrected chi connectivity index (χ1v) is 5.99. The number of hydrogen-bond acceptors (Lipinski definition) is 1. The third-order valence-corrected chi connectivity index (χ3v) is 3.36. The van der Waals surface area contributed by atoms with Gasteiger partial charge in [0.15, 0.2) is 0 Å². The molecule has 0 amide bonds. The molecule has 0 aliphatic carbocycles. The van der Waals surface area contributed by atoms with Crippen molar-refractivity contribution in [2.75, 3.05) is 0 Å². The fraction of sp³-hybridized carbons (Fsp3) is 0.250. The summed E-state index contributed by atoms with van der Waals surface area (Å²) in [6, 6.07) is 13.0. The van der Waals surface area contributed by atoms with E-state index in [1.807, 2.05) is 0 Å². The molecule has 2 rings (SSSR count). The van der Waals surface area contributed by atoms with Gasteiger partial charge in [0.2, 0.25) is 0 Å². The van der Waals surface area contributed by atoms with Gasteiger partial charge in [0.25, 0.3) is 0 Å². The van der Waals surface area contributed by atoms with Gasteiger partial charge in [-0.25, -0.2) is 0 Å². The highest BCUT2D eigenvalue weighted by molar-refractivity contribution is 5.85. The molecule has 0 saturated heterocycles. The molecule has 2 aromatic carbocycles. The molecule has 0 saturated carbocycles. The van der Waals surface area contributed by atoms with Crippen LogP contribution in [0.5, 0.6) is 0 Å². The number of halogens is 1. The highest BCUT2D eigenvalue weighted by atomic mass is 35.5. The maximum Gasteiger partial charge on any atom is 0.0183 e. The van der Waals surface area contributed by atoms with Gasteiger partial charge in [0.1, 0.15) is 0 Å². The van der Waals surface area contributed by atoms with Crippen LogP contribution in [0.2, 0.25) is 0 Å². The Morgan fingerprint density at radius 2 is 1.44 bits per heavy atom. The Kier molecular flexibility index (Phi) is 4.94. The molecule has 2 heteroatoms. The Morgan fingerprint density at radius 1 is 0.889 bits per heavy atom. The molecule has 0 aromatic heterocycles. The minimum Gasteiger partial charge on any atom is -0.326 e. The van der Waals surface area contributed by atoms with E-state index in [9.17, 15) is 0 Å². The first-order valence-electron chi connectivity index (χ1n) is 5.99. The van der Waals surface area contributed by atoms with E-state index in [1.54, 1.807) is 0 Å². The molecule has 0 aliphatic heterocycles. The van der Waals surface area contributed by atoms with E-state index < -0.39 is 0 Å². The molecule has 0 unspecified atom stereocenters. The van der Waals surface area contributed by atoms with Crippen molar-refractivity contribution in [2.45, 2.75) is 27.3 Å². The van der Waals surface area contributed by atoms with Crippen molar-refractivity contribution in [3.05, 3.63) is 58.7 Å². The highest BCUT2D eigenvalue weighted by Crippen LogP contribution is 2.27. The molecule has 0 bridgehead atoms. The lowest BCUT2D eigenvalue weighted by atomic mass is 9.93. The minimum absolute atomic E-state index is 0. The molecule has 0 spiro atoms. The molecule has 0 aliphatic rings. The maximum absolute atomic E-state index is 5.77. The number of rotatable bonds is 2. The van der Waals surface area contributed by atoms with Crippen molar-refractivity contribution >= 4 is 12.4 Å². The third-order valence-electron chi connectivity index (χ3n) is 3.36. The summed E-state index contributed by atoms with van der Waals surface area (Å²) >= 11 is 0. The molecule has 0 radical (unpaired) electrons.